The molecule has 0 amide bonds. The summed E-state index contributed by atoms with van der Waals surface area (Å²) in [6, 6.07) is 6.00. The fraction of sp³-hybridized carbons (Fsp3) is 0.611. The van der Waals surface area contributed by atoms with Crippen molar-refractivity contribution < 1.29 is 23.0 Å². The molecule has 0 aromatic heterocycles. The number of esters is 1. The van der Waals surface area contributed by atoms with Gasteiger partial charge in [0.2, 0.25) is 0 Å². The highest BCUT2D eigenvalue weighted by Gasteiger charge is 2.23. The minimum absolute atomic E-state index is 0.00113. The summed E-state index contributed by atoms with van der Waals surface area (Å²) in [7, 11) is 0. The molecule has 0 atom stereocenters. The molecule has 1 aromatic rings. The average Bonchev–Trinajstić information content (AvgIpc) is 2.50. The van der Waals surface area contributed by atoms with E-state index in [1.54, 1.807) is 12.1 Å². The highest BCUT2D eigenvalue weighted by molar-refractivity contribution is 5.72. The molecule has 0 unspecified atom stereocenters. The smallest absolute Gasteiger partial charge is 0.308 e. The monoisotopic (exact) mass is 326 g/mol. The maximum Gasteiger partial charge on any atom is 0.308 e. The van der Waals surface area contributed by atoms with Gasteiger partial charge in [0.05, 0.1) is 18.6 Å². The minimum Gasteiger partial charge on any atom is -0.490 e. The minimum atomic E-state index is -2.45. The van der Waals surface area contributed by atoms with Crippen molar-refractivity contribution in [1.29, 1.82) is 0 Å². The van der Waals surface area contributed by atoms with Gasteiger partial charge in [0, 0.05) is 5.56 Å². The number of halogens is 2. The maximum atomic E-state index is 12.5. The van der Waals surface area contributed by atoms with Gasteiger partial charge in [-0.2, -0.15) is 0 Å². The summed E-state index contributed by atoms with van der Waals surface area (Å²) in [6.07, 6.45) is 2.82. The second-order valence-electron chi connectivity index (χ2n) is 5.92. The average molecular weight is 326 g/mol. The lowest BCUT2D eigenvalue weighted by molar-refractivity contribution is -0.148. The van der Waals surface area contributed by atoms with Crippen LogP contribution in [0, 0.1) is 5.92 Å². The van der Waals surface area contributed by atoms with Crippen LogP contribution in [0.5, 0.6) is 5.75 Å². The van der Waals surface area contributed by atoms with Crippen LogP contribution >= 0.6 is 0 Å². The van der Waals surface area contributed by atoms with E-state index in [2.05, 4.69) is 0 Å². The zero-order valence-corrected chi connectivity index (χ0v) is 13.5. The van der Waals surface area contributed by atoms with Crippen LogP contribution < -0.4 is 4.74 Å². The Kier molecular flexibility index (Phi) is 6.81. The van der Waals surface area contributed by atoms with E-state index in [1.165, 1.54) is 12.1 Å². The van der Waals surface area contributed by atoms with Crippen molar-refractivity contribution >= 4 is 5.97 Å². The van der Waals surface area contributed by atoms with E-state index < -0.39 is 6.43 Å². The summed E-state index contributed by atoms with van der Waals surface area (Å²) in [4.78, 5) is 11.8. The Bertz CT molecular complexity index is 478. The van der Waals surface area contributed by atoms with Gasteiger partial charge in [0.25, 0.3) is 6.43 Å². The molecule has 5 heteroatoms. The molecule has 2 rings (SSSR count). The van der Waals surface area contributed by atoms with Gasteiger partial charge in [-0.25, -0.2) is 8.78 Å². The van der Waals surface area contributed by atoms with Gasteiger partial charge in [-0.3, -0.25) is 4.79 Å². The Morgan fingerprint density at radius 1 is 1.13 bits per heavy atom. The van der Waals surface area contributed by atoms with Crippen molar-refractivity contribution in [2.24, 2.45) is 5.92 Å². The van der Waals surface area contributed by atoms with Gasteiger partial charge in [-0.1, -0.05) is 0 Å². The molecule has 1 aliphatic rings. The Morgan fingerprint density at radius 3 is 2.26 bits per heavy atom. The SMILES string of the molecule is CCOC(=O)C1CCCC(Oc2ccc(C(F)F)cc2)CCC1. The van der Waals surface area contributed by atoms with Crippen LogP contribution in [-0.2, 0) is 9.53 Å². The molecule has 128 valence electrons. The van der Waals surface area contributed by atoms with Crippen molar-refractivity contribution in [2.75, 3.05) is 6.61 Å². The first-order valence-corrected chi connectivity index (χ1v) is 8.31. The largest absolute Gasteiger partial charge is 0.490 e. The molecule has 0 N–H and O–H groups in total. The number of benzene rings is 1. The van der Waals surface area contributed by atoms with E-state index in [1.807, 2.05) is 6.92 Å². The van der Waals surface area contributed by atoms with Crippen molar-refractivity contribution in [1.82, 2.24) is 0 Å². The van der Waals surface area contributed by atoms with E-state index >= 15 is 0 Å². The molecule has 0 radical (unpaired) electrons. The summed E-state index contributed by atoms with van der Waals surface area (Å²) >= 11 is 0. The van der Waals surface area contributed by atoms with Gasteiger partial charge >= 0.3 is 5.97 Å². The van der Waals surface area contributed by atoms with E-state index in [-0.39, 0.29) is 23.6 Å². The lowest BCUT2D eigenvalue weighted by atomic mass is 9.90. The molecule has 0 spiro atoms. The van der Waals surface area contributed by atoms with Gasteiger partial charge in [-0.05, 0) is 69.7 Å². The third-order valence-corrected chi connectivity index (χ3v) is 4.21. The molecule has 0 bridgehead atoms. The zero-order valence-electron chi connectivity index (χ0n) is 13.5. The molecule has 3 nitrogen and oxygen atoms in total. The van der Waals surface area contributed by atoms with Crippen LogP contribution in [0.2, 0.25) is 0 Å². The van der Waals surface area contributed by atoms with Crippen LogP contribution in [-0.4, -0.2) is 18.7 Å². The molecule has 0 aliphatic heterocycles. The fourth-order valence-corrected chi connectivity index (χ4v) is 2.97. The van der Waals surface area contributed by atoms with Gasteiger partial charge in [0.1, 0.15) is 5.75 Å². The number of rotatable bonds is 5. The zero-order chi connectivity index (χ0) is 16.7. The quantitative estimate of drug-likeness (QED) is 0.722. The molecule has 23 heavy (non-hydrogen) atoms. The second-order valence-corrected chi connectivity index (χ2v) is 5.92. The first-order chi connectivity index (χ1) is 11.1. The number of carbonyl (C=O) groups is 1. The van der Waals surface area contributed by atoms with E-state index in [0.29, 0.717) is 12.4 Å². The van der Waals surface area contributed by atoms with Crippen LogP contribution in [0.1, 0.15) is 57.4 Å². The normalized spacial score (nSPS) is 22.3. The predicted molar refractivity (Wildman–Crippen MR) is 83.6 cm³/mol. The number of carbonyl (C=O) groups excluding carboxylic acids is 1. The van der Waals surface area contributed by atoms with Crippen molar-refractivity contribution in [3.63, 3.8) is 0 Å². The Balaban J connectivity index is 1.83. The van der Waals surface area contributed by atoms with Gasteiger partial charge in [-0.15, -0.1) is 0 Å². The Morgan fingerprint density at radius 2 is 1.74 bits per heavy atom. The summed E-state index contributed by atoms with van der Waals surface area (Å²) in [5.74, 6) is 0.539. The molecule has 1 fully saturated rings. The molecular weight excluding hydrogens is 302 g/mol. The van der Waals surface area contributed by atoms with Crippen LogP contribution in [0.4, 0.5) is 8.78 Å². The molecule has 1 saturated carbocycles. The number of hydrogen-bond acceptors (Lipinski definition) is 3. The predicted octanol–water partition coefficient (Wildman–Crippen LogP) is 4.91. The van der Waals surface area contributed by atoms with Crippen LogP contribution in [0.3, 0.4) is 0 Å². The second kappa shape index (κ2) is 8.85. The summed E-state index contributed by atoms with van der Waals surface area (Å²) in [5.41, 5.74) is 0.00675. The lowest BCUT2D eigenvalue weighted by Gasteiger charge is -2.24. The first-order valence-electron chi connectivity index (χ1n) is 8.31. The summed E-state index contributed by atoms with van der Waals surface area (Å²) in [5, 5.41) is 0. The van der Waals surface area contributed by atoms with Gasteiger partial charge in [0.15, 0.2) is 0 Å². The topological polar surface area (TPSA) is 35.5 Å². The number of ether oxygens (including phenoxy) is 2. The third-order valence-electron chi connectivity index (χ3n) is 4.21. The molecule has 1 aliphatic carbocycles. The van der Waals surface area contributed by atoms with E-state index in [4.69, 9.17) is 9.47 Å². The van der Waals surface area contributed by atoms with E-state index in [9.17, 15) is 13.6 Å². The molecule has 1 aromatic carbocycles. The Labute approximate surface area is 136 Å². The van der Waals surface area contributed by atoms with Crippen molar-refractivity contribution in [2.45, 2.75) is 58.0 Å². The van der Waals surface area contributed by atoms with E-state index in [0.717, 1.165) is 38.5 Å². The number of alkyl halides is 2. The Hall–Kier alpha value is -1.65. The van der Waals surface area contributed by atoms with Gasteiger partial charge < -0.3 is 9.47 Å². The highest BCUT2D eigenvalue weighted by atomic mass is 19.3. The molecule has 0 heterocycles. The standard InChI is InChI=1S/C18H24F2O3/c1-2-22-18(21)14-5-3-7-15(8-4-6-14)23-16-11-9-13(10-12-16)17(19)20/h9-12,14-15,17H,2-8H2,1H3. The molecular formula is C18H24F2O3. The summed E-state index contributed by atoms with van der Waals surface area (Å²) < 4.78 is 36.1. The summed E-state index contributed by atoms with van der Waals surface area (Å²) in [6.45, 7) is 2.25. The number of hydrogen-bond donors (Lipinski definition) is 0. The van der Waals surface area contributed by atoms with Crippen molar-refractivity contribution in [3.05, 3.63) is 29.8 Å². The van der Waals surface area contributed by atoms with Crippen molar-refractivity contribution in [3.8, 4) is 5.75 Å². The molecule has 0 saturated heterocycles. The third kappa shape index (κ3) is 5.48. The van der Waals surface area contributed by atoms with Crippen LogP contribution in [0.15, 0.2) is 24.3 Å². The fourth-order valence-electron chi connectivity index (χ4n) is 2.97. The van der Waals surface area contributed by atoms with Crippen LogP contribution in [0.25, 0.3) is 0 Å². The highest BCUT2D eigenvalue weighted by Crippen LogP contribution is 2.27. The maximum absolute atomic E-state index is 12.5. The lowest BCUT2D eigenvalue weighted by Crippen LogP contribution is -2.24. The first kappa shape index (κ1) is 17.7.